The smallest absolute Gasteiger partial charge is 0.343 e. The Hall–Kier alpha value is -4.37. The highest BCUT2D eigenvalue weighted by molar-refractivity contribution is 9.10. The molecule has 4 rings (SSSR count). The minimum atomic E-state index is -0.631. The molecule has 0 bridgehead atoms. The number of nitrogens with one attached hydrogen (secondary N) is 1. The standard InChI is InChI=1S/C26H18BrN3O5/c27-24-14-9-19(22-3-1-2-4-23(22)24)15-25(31)29-28-16-17-5-12-21(13-6-17)35-26(32)18-7-10-20(11-8-18)30(33)34/h1-14,16H,15H2,(H,29,31). The van der Waals surface area contributed by atoms with Crippen LogP contribution in [0.15, 0.2) is 94.5 Å². The van der Waals surface area contributed by atoms with Gasteiger partial charge in [0.2, 0.25) is 5.91 Å². The third-order valence-electron chi connectivity index (χ3n) is 5.12. The maximum absolute atomic E-state index is 12.4. The van der Waals surface area contributed by atoms with Crippen LogP contribution in [0.4, 0.5) is 5.69 Å². The molecule has 4 aromatic carbocycles. The number of esters is 1. The molecule has 1 N–H and O–H groups in total. The average molecular weight is 532 g/mol. The number of rotatable bonds is 7. The van der Waals surface area contributed by atoms with Gasteiger partial charge in [-0.05, 0) is 64.4 Å². The molecule has 0 unspecified atom stereocenters. The zero-order chi connectivity index (χ0) is 24.8. The summed E-state index contributed by atoms with van der Waals surface area (Å²) in [6, 6.07) is 23.3. The van der Waals surface area contributed by atoms with E-state index in [0.29, 0.717) is 11.3 Å². The van der Waals surface area contributed by atoms with Crippen LogP contribution in [0.25, 0.3) is 10.8 Å². The van der Waals surface area contributed by atoms with Crippen molar-refractivity contribution in [1.82, 2.24) is 5.43 Å². The molecule has 35 heavy (non-hydrogen) atoms. The van der Waals surface area contributed by atoms with Gasteiger partial charge in [-0.1, -0.05) is 46.3 Å². The van der Waals surface area contributed by atoms with E-state index in [-0.39, 0.29) is 23.6 Å². The first-order chi connectivity index (χ1) is 16.9. The van der Waals surface area contributed by atoms with E-state index in [9.17, 15) is 19.7 Å². The largest absolute Gasteiger partial charge is 0.423 e. The van der Waals surface area contributed by atoms with Crippen molar-refractivity contribution in [2.45, 2.75) is 6.42 Å². The zero-order valence-electron chi connectivity index (χ0n) is 18.2. The number of ether oxygens (including phenoxy) is 1. The highest BCUT2D eigenvalue weighted by Crippen LogP contribution is 2.27. The number of carbonyl (C=O) groups excluding carboxylic acids is 2. The lowest BCUT2D eigenvalue weighted by Crippen LogP contribution is -2.19. The lowest BCUT2D eigenvalue weighted by molar-refractivity contribution is -0.384. The number of non-ortho nitro benzene ring substituents is 1. The highest BCUT2D eigenvalue weighted by Gasteiger charge is 2.12. The summed E-state index contributed by atoms with van der Waals surface area (Å²) in [4.78, 5) is 34.7. The van der Waals surface area contributed by atoms with Gasteiger partial charge in [-0.2, -0.15) is 5.10 Å². The normalized spacial score (nSPS) is 10.9. The third kappa shape index (κ3) is 5.96. The molecule has 0 fully saturated rings. The van der Waals surface area contributed by atoms with Gasteiger partial charge in [0.05, 0.1) is 23.1 Å². The van der Waals surface area contributed by atoms with Crippen LogP contribution in [0.5, 0.6) is 5.75 Å². The molecule has 0 saturated carbocycles. The predicted molar refractivity (Wildman–Crippen MR) is 136 cm³/mol. The van der Waals surface area contributed by atoms with Crippen LogP contribution in [0, 0.1) is 10.1 Å². The van der Waals surface area contributed by atoms with E-state index in [1.807, 2.05) is 36.4 Å². The first-order valence-corrected chi connectivity index (χ1v) is 11.2. The number of hydrogen-bond acceptors (Lipinski definition) is 6. The highest BCUT2D eigenvalue weighted by atomic mass is 79.9. The number of carbonyl (C=O) groups is 2. The van der Waals surface area contributed by atoms with Crippen molar-refractivity contribution in [3.05, 3.63) is 116 Å². The van der Waals surface area contributed by atoms with Gasteiger partial charge in [0.25, 0.3) is 5.69 Å². The second-order valence-corrected chi connectivity index (χ2v) is 8.34. The molecule has 174 valence electrons. The van der Waals surface area contributed by atoms with Crippen molar-refractivity contribution in [3.8, 4) is 5.75 Å². The predicted octanol–water partition coefficient (Wildman–Crippen LogP) is 5.42. The molecule has 0 atom stereocenters. The number of hydrogen-bond donors (Lipinski definition) is 1. The van der Waals surface area contributed by atoms with Crippen molar-refractivity contribution in [1.29, 1.82) is 0 Å². The van der Waals surface area contributed by atoms with Gasteiger partial charge < -0.3 is 4.74 Å². The maximum Gasteiger partial charge on any atom is 0.343 e. The van der Waals surface area contributed by atoms with E-state index in [1.165, 1.54) is 30.5 Å². The Labute approximate surface area is 208 Å². The van der Waals surface area contributed by atoms with Crippen LogP contribution in [-0.2, 0) is 11.2 Å². The van der Waals surface area contributed by atoms with Gasteiger partial charge in [0, 0.05) is 16.6 Å². The van der Waals surface area contributed by atoms with E-state index in [4.69, 9.17) is 4.74 Å². The van der Waals surface area contributed by atoms with Crippen LogP contribution in [0.2, 0.25) is 0 Å². The molecule has 4 aromatic rings. The molecule has 0 aromatic heterocycles. The van der Waals surface area contributed by atoms with E-state index in [2.05, 4.69) is 26.5 Å². The number of nitrogens with zero attached hydrogens (tertiary/aromatic N) is 2. The maximum atomic E-state index is 12.4. The number of nitro groups is 1. The molecule has 0 heterocycles. The second-order valence-electron chi connectivity index (χ2n) is 7.48. The minimum Gasteiger partial charge on any atom is -0.423 e. The summed E-state index contributed by atoms with van der Waals surface area (Å²) < 4.78 is 6.25. The Kier molecular flexibility index (Phi) is 7.27. The number of amides is 1. The summed E-state index contributed by atoms with van der Waals surface area (Å²) in [6.07, 6.45) is 1.67. The third-order valence-corrected chi connectivity index (χ3v) is 5.81. The zero-order valence-corrected chi connectivity index (χ0v) is 19.8. The Morgan fingerprint density at radius 2 is 1.63 bits per heavy atom. The Morgan fingerprint density at radius 1 is 0.943 bits per heavy atom. The molecule has 0 saturated heterocycles. The van der Waals surface area contributed by atoms with Crippen LogP contribution in [0.1, 0.15) is 21.5 Å². The quantitative estimate of drug-likeness (QED) is 0.112. The summed E-state index contributed by atoms with van der Waals surface area (Å²) in [5, 5.41) is 16.7. The number of fused-ring (bicyclic) bond motifs is 1. The molecular formula is C26H18BrN3O5. The van der Waals surface area contributed by atoms with Gasteiger partial charge in [-0.3, -0.25) is 14.9 Å². The second kappa shape index (κ2) is 10.7. The van der Waals surface area contributed by atoms with Gasteiger partial charge in [0.1, 0.15) is 5.75 Å². The molecule has 9 heteroatoms. The molecular weight excluding hydrogens is 514 g/mol. The van der Waals surface area contributed by atoms with Crippen molar-refractivity contribution in [2.24, 2.45) is 5.10 Å². The Bertz CT molecular complexity index is 1430. The van der Waals surface area contributed by atoms with E-state index < -0.39 is 10.9 Å². The van der Waals surface area contributed by atoms with Crippen LogP contribution >= 0.6 is 15.9 Å². The summed E-state index contributed by atoms with van der Waals surface area (Å²) in [7, 11) is 0. The molecule has 0 radical (unpaired) electrons. The molecule has 0 spiro atoms. The lowest BCUT2D eigenvalue weighted by atomic mass is 10.0. The van der Waals surface area contributed by atoms with E-state index in [1.54, 1.807) is 24.3 Å². The molecule has 0 aliphatic carbocycles. The molecule has 0 aliphatic rings. The van der Waals surface area contributed by atoms with Crippen LogP contribution < -0.4 is 10.2 Å². The number of nitro benzene ring substituents is 1. The fraction of sp³-hybridized carbons (Fsp3) is 0.0385. The average Bonchev–Trinajstić information content (AvgIpc) is 2.87. The van der Waals surface area contributed by atoms with Gasteiger partial charge in [-0.15, -0.1) is 0 Å². The summed E-state index contributed by atoms with van der Waals surface area (Å²) in [6.45, 7) is 0. The van der Waals surface area contributed by atoms with Gasteiger partial charge >= 0.3 is 5.97 Å². The summed E-state index contributed by atoms with van der Waals surface area (Å²) in [5.41, 5.74) is 4.20. The molecule has 0 aliphatic heterocycles. The topological polar surface area (TPSA) is 111 Å². The number of halogens is 1. The fourth-order valence-corrected chi connectivity index (χ4v) is 3.86. The number of benzene rings is 4. The van der Waals surface area contributed by atoms with Crippen molar-refractivity contribution in [2.75, 3.05) is 0 Å². The van der Waals surface area contributed by atoms with E-state index in [0.717, 1.165) is 20.8 Å². The van der Waals surface area contributed by atoms with Crippen molar-refractivity contribution < 1.29 is 19.2 Å². The lowest BCUT2D eigenvalue weighted by Gasteiger charge is -2.07. The summed E-state index contributed by atoms with van der Waals surface area (Å²) in [5.74, 6) is -0.576. The first kappa shape index (κ1) is 23.8. The van der Waals surface area contributed by atoms with Crippen molar-refractivity contribution >= 4 is 50.5 Å². The molecule has 1 amide bonds. The first-order valence-electron chi connectivity index (χ1n) is 10.5. The summed E-state index contributed by atoms with van der Waals surface area (Å²) >= 11 is 3.53. The Balaban J connectivity index is 1.32. The molecule has 8 nitrogen and oxygen atoms in total. The number of hydrazone groups is 1. The monoisotopic (exact) mass is 531 g/mol. The van der Waals surface area contributed by atoms with E-state index >= 15 is 0 Å². The van der Waals surface area contributed by atoms with Gasteiger partial charge in [0.15, 0.2) is 0 Å². The SMILES string of the molecule is O=C(Cc1ccc(Br)c2ccccc12)NN=Cc1ccc(OC(=O)c2ccc([N+](=O)[O-])cc2)cc1. The van der Waals surface area contributed by atoms with Crippen molar-refractivity contribution in [3.63, 3.8) is 0 Å². The van der Waals surface area contributed by atoms with Crippen LogP contribution in [-0.4, -0.2) is 23.0 Å². The fourth-order valence-electron chi connectivity index (χ4n) is 3.38. The van der Waals surface area contributed by atoms with Crippen LogP contribution in [0.3, 0.4) is 0 Å². The van der Waals surface area contributed by atoms with Gasteiger partial charge in [-0.25, -0.2) is 10.2 Å². The minimum absolute atomic E-state index is 0.109. The Morgan fingerprint density at radius 3 is 2.31 bits per heavy atom.